The molecule has 2 aromatic heterocycles. The molecule has 0 aromatic carbocycles. The molecule has 2 rings (SSSR count). The fourth-order valence-corrected chi connectivity index (χ4v) is 1.96. The Bertz CT molecular complexity index is 444. The maximum absolute atomic E-state index is 5.54. The van der Waals surface area contributed by atoms with Crippen LogP contribution in [0.1, 0.15) is 30.2 Å². The molecule has 0 spiro atoms. The van der Waals surface area contributed by atoms with Gasteiger partial charge in [-0.05, 0) is 11.5 Å². The molecule has 2 heterocycles. The first-order valence-corrected chi connectivity index (χ1v) is 5.72. The van der Waals surface area contributed by atoms with Gasteiger partial charge in [0, 0.05) is 23.8 Å². The van der Waals surface area contributed by atoms with Gasteiger partial charge < -0.3 is 5.73 Å². The minimum Gasteiger partial charge on any atom is -0.326 e. The Labute approximate surface area is 92.8 Å². The normalized spacial score (nSPS) is 11.2. The maximum Gasteiger partial charge on any atom is 0.210 e. The second kappa shape index (κ2) is 4.12. The molecule has 5 heteroatoms. The third-order valence-corrected chi connectivity index (χ3v) is 3.22. The molecule has 0 radical (unpaired) electrons. The average Bonchev–Trinajstić information content (AvgIpc) is 2.86. The second-order valence-corrected chi connectivity index (χ2v) is 4.78. The van der Waals surface area contributed by atoms with Gasteiger partial charge in [-0.15, -0.1) is 0 Å². The molecular weight excluding hydrogens is 208 g/mol. The predicted octanol–water partition coefficient (Wildman–Crippen LogP) is 1.91. The topological polar surface area (TPSA) is 56.7 Å². The third kappa shape index (κ3) is 2.08. The Morgan fingerprint density at radius 2 is 2.27 bits per heavy atom. The second-order valence-electron chi connectivity index (χ2n) is 3.69. The summed E-state index contributed by atoms with van der Waals surface area (Å²) in [6, 6.07) is 0. The first-order valence-electron chi connectivity index (χ1n) is 4.90. The summed E-state index contributed by atoms with van der Waals surface area (Å²) in [4.78, 5) is 5.34. The lowest BCUT2D eigenvalue weighted by molar-refractivity contribution is 0.854. The molecule has 0 saturated heterocycles. The monoisotopic (exact) mass is 222 g/mol. The highest BCUT2D eigenvalue weighted by molar-refractivity contribution is 7.14. The fourth-order valence-electron chi connectivity index (χ4n) is 1.24. The van der Waals surface area contributed by atoms with E-state index in [0.29, 0.717) is 12.5 Å². The standard InChI is InChI=1S/C10H14N4S/c1-7(2)8-4-13-14(6-8)10-12-5-9(3-11)15-10/h4-7H,3,11H2,1-2H3. The summed E-state index contributed by atoms with van der Waals surface area (Å²) < 4.78 is 1.80. The molecule has 0 aliphatic carbocycles. The van der Waals surface area contributed by atoms with Crippen LogP contribution in [0.25, 0.3) is 5.13 Å². The first kappa shape index (κ1) is 10.3. The molecule has 0 amide bonds. The molecule has 2 aromatic rings. The van der Waals surface area contributed by atoms with E-state index in [0.717, 1.165) is 10.0 Å². The predicted molar refractivity (Wildman–Crippen MR) is 61.2 cm³/mol. The minimum atomic E-state index is 0.493. The number of nitrogens with two attached hydrogens (primary N) is 1. The largest absolute Gasteiger partial charge is 0.326 e. The summed E-state index contributed by atoms with van der Waals surface area (Å²) in [7, 11) is 0. The van der Waals surface area contributed by atoms with Crippen molar-refractivity contribution in [3.05, 3.63) is 29.0 Å². The lowest BCUT2D eigenvalue weighted by Crippen LogP contribution is -1.92. The summed E-state index contributed by atoms with van der Waals surface area (Å²) in [5.74, 6) is 0.493. The van der Waals surface area contributed by atoms with Crippen LogP contribution in [-0.2, 0) is 6.54 Å². The van der Waals surface area contributed by atoms with Gasteiger partial charge in [0.2, 0.25) is 5.13 Å². The lowest BCUT2D eigenvalue weighted by atomic mass is 10.1. The van der Waals surface area contributed by atoms with Gasteiger partial charge in [0.15, 0.2) is 0 Å². The smallest absolute Gasteiger partial charge is 0.210 e. The maximum atomic E-state index is 5.54. The highest BCUT2D eigenvalue weighted by Crippen LogP contribution is 2.19. The molecule has 4 nitrogen and oxygen atoms in total. The Kier molecular flexibility index (Phi) is 2.83. The molecule has 0 atom stereocenters. The molecule has 0 saturated carbocycles. The van der Waals surface area contributed by atoms with Gasteiger partial charge in [-0.2, -0.15) is 5.10 Å². The molecule has 80 valence electrons. The summed E-state index contributed by atoms with van der Waals surface area (Å²) >= 11 is 1.58. The van der Waals surface area contributed by atoms with Crippen molar-refractivity contribution < 1.29 is 0 Å². The zero-order valence-electron chi connectivity index (χ0n) is 8.84. The Morgan fingerprint density at radius 3 is 2.80 bits per heavy atom. The van der Waals surface area contributed by atoms with Crippen LogP contribution in [0.4, 0.5) is 0 Å². The number of thiazole rings is 1. The van der Waals surface area contributed by atoms with Crippen molar-refractivity contribution in [2.75, 3.05) is 0 Å². The molecule has 0 fully saturated rings. The summed E-state index contributed by atoms with van der Waals surface area (Å²) in [5, 5.41) is 5.16. The summed E-state index contributed by atoms with van der Waals surface area (Å²) in [5.41, 5.74) is 6.76. The fraction of sp³-hybridized carbons (Fsp3) is 0.400. The first-order chi connectivity index (χ1) is 7.20. The molecule has 2 N–H and O–H groups in total. The van der Waals surface area contributed by atoms with Crippen LogP contribution in [0.5, 0.6) is 0 Å². The van der Waals surface area contributed by atoms with Crippen molar-refractivity contribution in [1.82, 2.24) is 14.8 Å². The van der Waals surface area contributed by atoms with Crippen molar-refractivity contribution >= 4 is 11.3 Å². The molecular formula is C10H14N4S. The zero-order chi connectivity index (χ0) is 10.8. The lowest BCUT2D eigenvalue weighted by Gasteiger charge is -1.97. The van der Waals surface area contributed by atoms with Crippen molar-refractivity contribution in [3.8, 4) is 5.13 Å². The molecule has 0 aliphatic rings. The van der Waals surface area contributed by atoms with Crippen LogP contribution in [0, 0.1) is 0 Å². The van der Waals surface area contributed by atoms with Crippen molar-refractivity contribution in [3.63, 3.8) is 0 Å². The third-order valence-electron chi connectivity index (χ3n) is 2.21. The van der Waals surface area contributed by atoms with E-state index in [-0.39, 0.29) is 0 Å². The Balaban J connectivity index is 2.28. The Hall–Kier alpha value is -1.20. The van der Waals surface area contributed by atoms with Gasteiger partial charge >= 0.3 is 0 Å². The van der Waals surface area contributed by atoms with Gasteiger partial charge in [-0.3, -0.25) is 0 Å². The van der Waals surface area contributed by atoms with E-state index in [1.807, 2.05) is 12.4 Å². The van der Waals surface area contributed by atoms with E-state index >= 15 is 0 Å². The van der Waals surface area contributed by atoms with Crippen molar-refractivity contribution in [2.45, 2.75) is 26.3 Å². The molecule has 0 unspecified atom stereocenters. The van der Waals surface area contributed by atoms with Gasteiger partial charge in [0.1, 0.15) is 0 Å². The number of rotatable bonds is 3. The summed E-state index contributed by atoms with van der Waals surface area (Å²) in [6.45, 7) is 4.83. The highest BCUT2D eigenvalue weighted by Gasteiger charge is 2.07. The van der Waals surface area contributed by atoms with Crippen molar-refractivity contribution in [2.24, 2.45) is 5.73 Å². The van der Waals surface area contributed by atoms with Gasteiger partial charge in [0.25, 0.3) is 0 Å². The van der Waals surface area contributed by atoms with Crippen LogP contribution in [-0.4, -0.2) is 14.8 Å². The van der Waals surface area contributed by atoms with E-state index in [2.05, 4.69) is 23.9 Å². The van der Waals surface area contributed by atoms with E-state index in [1.54, 1.807) is 22.2 Å². The van der Waals surface area contributed by atoms with Gasteiger partial charge in [-0.25, -0.2) is 9.67 Å². The van der Waals surface area contributed by atoms with Gasteiger partial charge in [-0.1, -0.05) is 25.2 Å². The molecule has 0 bridgehead atoms. The number of nitrogens with zero attached hydrogens (tertiary/aromatic N) is 3. The Morgan fingerprint density at radius 1 is 1.47 bits per heavy atom. The molecule has 0 aliphatic heterocycles. The van der Waals surface area contributed by atoms with Crippen molar-refractivity contribution in [1.29, 1.82) is 0 Å². The van der Waals surface area contributed by atoms with E-state index in [4.69, 9.17) is 5.73 Å². The average molecular weight is 222 g/mol. The molecule has 15 heavy (non-hydrogen) atoms. The number of aromatic nitrogens is 3. The number of hydrogen-bond acceptors (Lipinski definition) is 4. The van der Waals surface area contributed by atoms with E-state index in [9.17, 15) is 0 Å². The van der Waals surface area contributed by atoms with Crippen LogP contribution < -0.4 is 5.73 Å². The quantitative estimate of drug-likeness (QED) is 0.863. The van der Waals surface area contributed by atoms with E-state index in [1.165, 1.54) is 5.56 Å². The van der Waals surface area contributed by atoms with Crippen LogP contribution in [0.15, 0.2) is 18.6 Å². The van der Waals surface area contributed by atoms with E-state index < -0.39 is 0 Å². The number of hydrogen-bond donors (Lipinski definition) is 1. The summed E-state index contributed by atoms with van der Waals surface area (Å²) in [6.07, 6.45) is 5.70. The van der Waals surface area contributed by atoms with Crippen LogP contribution >= 0.6 is 11.3 Å². The minimum absolute atomic E-state index is 0.493. The van der Waals surface area contributed by atoms with Crippen LogP contribution in [0.2, 0.25) is 0 Å². The zero-order valence-corrected chi connectivity index (χ0v) is 9.66. The van der Waals surface area contributed by atoms with Crippen LogP contribution in [0.3, 0.4) is 0 Å². The van der Waals surface area contributed by atoms with Gasteiger partial charge in [0.05, 0.1) is 6.20 Å². The highest BCUT2D eigenvalue weighted by atomic mass is 32.1. The SMILES string of the molecule is CC(C)c1cnn(-c2ncc(CN)s2)c1.